The highest BCUT2D eigenvalue weighted by atomic mass is 127. The molecule has 0 saturated carbocycles. The fourth-order valence-corrected chi connectivity index (χ4v) is 5.53. The summed E-state index contributed by atoms with van der Waals surface area (Å²) in [5.41, 5.74) is 8.61. The minimum Gasteiger partial charge on any atom is -0.309 e. The topological polar surface area (TPSA) is 4.93 Å². The van der Waals surface area contributed by atoms with Gasteiger partial charge in [-0.1, -0.05) is 97.1 Å². The number of hydrogen-bond acceptors (Lipinski definition) is 0. The van der Waals surface area contributed by atoms with Crippen LogP contribution in [0.25, 0.3) is 49.7 Å². The third kappa shape index (κ3) is 3.14. The summed E-state index contributed by atoms with van der Waals surface area (Å²) in [7, 11) is 0. The molecule has 0 amide bonds. The van der Waals surface area contributed by atoms with Crippen LogP contribution in [0.4, 0.5) is 0 Å². The van der Waals surface area contributed by atoms with Crippen LogP contribution in [-0.4, -0.2) is 4.57 Å². The Bertz CT molecular complexity index is 1450. The third-order valence-corrected chi connectivity index (χ3v) is 7.23. The summed E-state index contributed by atoms with van der Waals surface area (Å²) < 4.78 is 3.67. The largest absolute Gasteiger partial charge is 0.309 e. The van der Waals surface area contributed by atoms with E-state index in [0.29, 0.717) is 0 Å². The monoisotopic (exact) mass is 521 g/mol. The first-order valence-corrected chi connectivity index (χ1v) is 11.8. The van der Waals surface area contributed by atoms with Crippen molar-refractivity contribution in [1.29, 1.82) is 0 Å². The highest BCUT2D eigenvalue weighted by Crippen LogP contribution is 2.39. The lowest BCUT2D eigenvalue weighted by Crippen LogP contribution is -1.98. The summed E-state index contributed by atoms with van der Waals surface area (Å²) in [4.78, 5) is 0. The Hall–Kier alpha value is -3.37. The van der Waals surface area contributed by atoms with Crippen LogP contribution in [0.3, 0.4) is 0 Å². The van der Waals surface area contributed by atoms with E-state index < -0.39 is 0 Å². The zero-order chi connectivity index (χ0) is 21.5. The van der Waals surface area contributed by atoms with E-state index in [9.17, 15) is 0 Å². The SMILES string of the molecule is Ic1c(-c2ccccc2)cc(-n2c3ccccc3c3ccccc32)cc1-c1ccccc1. The molecule has 32 heavy (non-hydrogen) atoms. The summed E-state index contributed by atoms with van der Waals surface area (Å²) in [5, 5.41) is 2.56. The van der Waals surface area contributed by atoms with E-state index in [4.69, 9.17) is 0 Å². The number of benzene rings is 5. The Labute approximate surface area is 201 Å². The van der Waals surface area contributed by atoms with Gasteiger partial charge < -0.3 is 4.57 Å². The maximum Gasteiger partial charge on any atom is 0.0541 e. The molecule has 0 radical (unpaired) electrons. The second-order valence-corrected chi connectivity index (χ2v) is 9.04. The van der Waals surface area contributed by atoms with Crippen molar-refractivity contribution in [2.24, 2.45) is 0 Å². The molecule has 0 unspecified atom stereocenters. The van der Waals surface area contributed by atoms with Gasteiger partial charge in [-0.05, 0) is 69.1 Å². The van der Waals surface area contributed by atoms with E-state index in [1.807, 2.05) is 0 Å². The van der Waals surface area contributed by atoms with Gasteiger partial charge in [0.15, 0.2) is 0 Å². The van der Waals surface area contributed by atoms with Crippen molar-refractivity contribution in [1.82, 2.24) is 4.57 Å². The predicted octanol–water partition coefficient (Wildman–Crippen LogP) is 8.72. The van der Waals surface area contributed by atoms with Gasteiger partial charge >= 0.3 is 0 Å². The van der Waals surface area contributed by atoms with Gasteiger partial charge in [-0.2, -0.15) is 0 Å². The zero-order valence-corrected chi connectivity index (χ0v) is 19.5. The quantitative estimate of drug-likeness (QED) is 0.205. The molecule has 1 nitrogen and oxygen atoms in total. The number of aromatic nitrogens is 1. The number of para-hydroxylation sites is 2. The number of nitrogens with zero attached hydrogens (tertiary/aromatic N) is 1. The Balaban J connectivity index is 1.73. The van der Waals surface area contributed by atoms with E-state index in [2.05, 4.69) is 148 Å². The molecule has 0 bridgehead atoms. The highest BCUT2D eigenvalue weighted by Gasteiger charge is 2.16. The Morgan fingerprint density at radius 1 is 0.469 bits per heavy atom. The first-order chi connectivity index (χ1) is 15.8. The predicted molar refractivity (Wildman–Crippen MR) is 144 cm³/mol. The van der Waals surface area contributed by atoms with Crippen LogP contribution in [0.15, 0.2) is 121 Å². The van der Waals surface area contributed by atoms with E-state index in [1.54, 1.807) is 0 Å². The molecule has 1 aromatic heterocycles. The second-order valence-electron chi connectivity index (χ2n) is 7.96. The van der Waals surface area contributed by atoms with Crippen molar-refractivity contribution in [2.75, 3.05) is 0 Å². The minimum atomic E-state index is 1.18. The van der Waals surface area contributed by atoms with Gasteiger partial charge in [0.2, 0.25) is 0 Å². The van der Waals surface area contributed by atoms with Crippen LogP contribution in [0.2, 0.25) is 0 Å². The fraction of sp³-hybridized carbons (Fsp3) is 0. The molecule has 0 aliphatic heterocycles. The van der Waals surface area contributed by atoms with Crippen molar-refractivity contribution < 1.29 is 0 Å². The fourth-order valence-electron chi connectivity index (χ4n) is 4.59. The van der Waals surface area contributed by atoms with E-state index >= 15 is 0 Å². The molecule has 0 saturated heterocycles. The molecule has 0 fully saturated rings. The molecule has 2 heteroatoms. The zero-order valence-electron chi connectivity index (χ0n) is 17.4. The van der Waals surface area contributed by atoms with Gasteiger partial charge in [0.25, 0.3) is 0 Å². The van der Waals surface area contributed by atoms with Crippen LogP contribution < -0.4 is 0 Å². The molecular formula is C30H20IN. The normalized spacial score (nSPS) is 11.3. The summed E-state index contributed by atoms with van der Waals surface area (Å²) >= 11 is 2.51. The van der Waals surface area contributed by atoms with E-state index in [1.165, 1.54) is 53.3 Å². The Morgan fingerprint density at radius 2 is 0.875 bits per heavy atom. The summed E-state index contributed by atoms with van der Waals surface area (Å²) in [6, 6.07) is 43.4. The molecular weight excluding hydrogens is 501 g/mol. The second kappa shape index (κ2) is 7.95. The van der Waals surface area contributed by atoms with Crippen LogP contribution in [0, 0.1) is 3.57 Å². The van der Waals surface area contributed by atoms with Crippen molar-refractivity contribution in [3.8, 4) is 27.9 Å². The van der Waals surface area contributed by atoms with Crippen molar-refractivity contribution >= 4 is 44.4 Å². The maximum atomic E-state index is 2.51. The van der Waals surface area contributed by atoms with Gasteiger partial charge in [0.05, 0.1) is 11.0 Å². The molecule has 0 atom stereocenters. The van der Waals surface area contributed by atoms with Crippen LogP contribution in [0.1, 0.15) is 0 Å². The average molecular weight is 521 g/mol. The molecule has 0 aliphatic carbocycles. The summed E-state index contributed by atoms with van der Waals surface area (Å²) in [5.74, 6) is 0. The molecule has 6 rings (SSSR count). The van der Waals surface area contributed by atoms with Crippen molar-refractivity contribution in [3.63, 3.8) is 0 Å². The molecule has 152 valence electrons. The van der Waals surface area contributed by atoms with Gasteiger partial charge in [0, 0.05) is 20.0 Å². The maximum absolute atomic E-state index is 2.51. The number of rotatable bonds is 3. The molecule has 1 heterocycles. The number of hydrogen-bond donors (Lipinski definition) is 0. The minimum absolute atomic E-state index is 1.18. The third-order valence-electron chi connectivity index (χ3n) is 6.07. The molecule has 5 aromatic carbocycles. The summed E-state index contributed by atoms with van der Waals surface area (Å²) in [6.45, 7) is 0. The first kappa shape index (κ1) is 19.3. The van der Waals surface area contributed by atoms with Crippen LogP contribution in [-0.2, 0) is 0 Å². The standard InChI is InChI=1S/C30H20IN/c31-30-26(21-11-3-1-4-12-21)19-23(20-27(30)22-13-5-2-6-14-22)32-28-17-9-7-15-24(28)25-16-8-10-18-29(25)32/h1-20H. The van der Waals surface area contributed by atoms with Gasteiger partial charge in [-0.25, -0.2) is 0 Å². The molecule has 0 aliphatic rings. The lowest BCUT2D eigenvalue weighted by Gasteiger charge is -2.16. The molecule has 0 N–H and O–H groups in total. The lowest BCUT2D eigenvalue weighted by atomic mass is 9.98. The van der Waals surface area contributed by atoms with Crippen molar-refractivity contribution in [2.45, 2.75) is 0 Å². The van der Waals surface area contributed by atoms with Gasteiger partial charge in [-0.3, -0.25) is 0 Å². The number of halogens is 1. The number of fused-ring (bicyclic) bond motifs is 3. The summed E-state index contributed by atoms with van der Waals surface area (Å²) in [6.07, 6.45) is 0. The van der Waals surface area contributed by atoms with E-state index in [-0.39, 0.29) is 0 Å². The van der Waals surface area contributed by atoms with Gasteiger partial charge in [-0.15, -0.1) is 0 Å². The first-order valence-electron chi connectivity index (χ1n) is 10.7. The van der Waals surface area contributed by atoms with Crippen molar-refractivity contribution in [3.05, 3.63) is 125 Å². The Kier molecular flexibility index (Phi) is 4.80. The molecule has 0 spiro atoms. The van der Waals surface area contributed by atoms with E-state index in [0.717, 1.165) is 0 Å². The highest BCUT2D eigenvalue weighted by molar-refractivity contribution is 14.1. The smallest absolute Gasteiger partial charge is 0.0541 e. The van der Waals surface area contributed by atoms with Crippen LogP contribution >= 0.6 is 22.6 Å². The average Bonchev–Trinajstić information content (AvgIpc) is 3.20. The Morgan fingerprint density at radius 3 is 1.34 bits per heavy atom. The van der Waals surface area contributed by atoms with Gasteiger partial charge in [0.1, 0.15) is 0 Å². The van der Waals surface area contributed by atoms with Crippen LogP contribution in [0.5, 0.6) is 0 Å². The molecule has 6 aromatic rings. The lowest BCUT2D eigenvalue weighted by molar-refractivity contribution is 1.18.